The average Bonchev–Trinajstić information content (AvgIpc) is 3.04. The first-order valence-corrected chi connectivity index (χ1v) is 6.59. The van der Waals surface area contributed by atoms with Crippen LogP contribution in [0.4, 0.5) is 0 Å². The van der Waals surface area contributed by atoms with E-state index >= 15 is 0 Å². The molecule has 0 spiro atoms. The molecule has 1 aliphatic heterocycles. The first kappa shape index (κ1) is 12.7. The van der Waals surface area contributed by atoms with Crippen LogP contribution >= 0.6 is 0 Å². The second kappa shape index (κ2) is 4.96. The van der Waals surface area contributed by atoms with Gasteiger partial charge in [-0.15, -0.1) is 0 Å². The lowest BCUT2D eigenvalue weighted by atomic mass is 10.2. The Balaban J connectivity index is 1.76. The second-order valence-electron chi connectivity index (χ2n) is 4.97. The van der Waals surface area contributed by atoms with Crippen molar-refractivity contribution in [3.8, 4) is 0 Å². The predicted octanol–water partition coefficient (Wildman–Crippen LogP) is 1.11. The topological polar surface area (TPSA) is 75.4 Å². The SMILES string of the molecule is O=C(O)C1CCCN1C(=O)Cn1cc2ccccc2n1. The van der Waals surface area contributed by atoms with Gasteiger partial charge in [0.2, 0.25) is 5.91 Å². The molecule has 1 saturated heterocycles. The molecular formula is C14H15N3O3. The van der Waals surface area contributed by atoms with E-state index in [1.54, 1.807) is 10.9 Å². The number of rotatable bonds is 3. The fourth-order valence-corrected chi connectivity index (χ4v) is 2.65. The summed E-state index contributed by atoms with van der Waals surface area (Å²) < 4.78 is 1.57. The Morgan fingerprint density at radius 3 is 2.90 bits per heavy atom. The van der Waals surface area contributed by atoms with E-state index in [4.69, 9.17) is 5.11 Å². The van der Waals surface area contributed by atoms with Crippen molar-refractivity contribution in [1.29, 1.82) is 0 Å². The van der Waals surface area contributed by atoms with Crippen LogP contribution in [0, 0.1) is 0 Å². The molecule has 1 N–H and O–H groups in total. The van der Waals surface area contributed by atoms with Gasteiger partial charge in [0.1, 0.15) is 12.6 Å². The summed E-state index contributed by atoms with van der Waals surface area (Å²) in [5, 5.41) is 14.4. The first-order valence-electron chi connectivity index (χ1n) is 6.59. The number of carbonyl (C=O) groups is 2. The Hall–Kier alpha value is -2.37. The summed E-state index contributed by atoms with van der Waals surface area (Å²) in [4.78, 5) is 24.7. The van der Waals surface area contributed by atoms with Gasteiger partial charge in [-0.05, 0) is 18.9 Å². The van der Waals surface area contributed by atoms with Gasteiger partial charge in [-0.1, -0.05) is 18.2 Å². The summed E-state index contributed by atoms with van der Waals surface area (Å²) in [6.45, 7) is 0.592. The molecule has 6 nitrogen and oxygen atoms in total. The summed E-state index contributed by atoms with van der Waals surface area (Å²) in [5.74, 6) is -1.12. The number of aromatic nitrogens is 2. The molecule has 2 aromatic rings. The molecular weight excluding hydrogens is 258 g/mol. The molecule has 0 bridgehead atoms. The Bertz CT molecular complexity index is 631. The van der Waals surface area contributed by atoms with Gasteiger partial charge in [-0.2, -0.15) is 5.10 Å². The van der Waals surface area contributed by atoms with Crippen LogP contribution in [0.5, 0.6) is 0 Å². The van der Waals surface area contributed by atoms with Crippen LogP contribution in [0.25, 0.3) is 10.9 Å². The van der Waals surface area contributed by atoms with Crippen LogP contribution in [0.1, 0.15) is 12.8 Å². The highest BCUT2D eigenvalue weighted by Gasteiger charge is 2.33. The van der Waals surface area contributed by atoms with E-state index in [0.29, 0.717) is 13.0 Å². The molecule has 3 rings (SSSR count). The predicted molar refractivity (Wildman–Crippen MR) is 72.1 cm³/mol. The summed E-state index contributed by atoms with van der Waals surface area (Å²) in [6, 6.07) is 6.93. The molecule has 1 aromatic carbocycles. The van der Waals surface area contributed by atoms with Crippen molar-refractivity contribution >= 4 is 22.8 Å². The maximum Gasteiger partial charge on any atom is 0.326 e. The molecule has 1 amide bonds. The summed E-state index contributed by atoms with van der Waals surface area (Å²) in [6.07, 6.45) is 3.07. The number of carbonyl (C=O) groups excluding carboxylic acids is 1. The quantitative estimate of drug-likeness (QED) is 0.909. The van der Waals surface area contributed by atoms with Crippen molar-refractivity contribution < 1.29 is 14.7 Å². The van der Waals surface area contributed by atoms with Crippen molar-refractivity contribution in [3.05, 3.63) is 30.5 Å². The number of aliphatic carboxylic acids is 1. The number of carboxylic acid groups (broad SMARTS) is 1. The van der Waals surface area contributed by atoms with Gasteiger partial charge in [0.15, 0.2) is 0 Å². The van der Waals surface area contributed by atoms with E-state index in [-0.39, 0.29) is 12.5 Å². The van der Waals surface area contributed by atoms with Crippen LogP contribution in [-0.4, -0.2) is 44.3 Å². The number of hydrogen-bond acceptors (Lipinski definition) is 3. The normalized spacial score (nSPS) is 18.6. The standard InChI is InChI=1S/C14H15N3O3/c18-13(17-7-3-6-12(17)14(19)20)9-16-8-10-4-1-2-5-11(10)15-16/h1-2,4-5,8,12H,3,6-7,9H2,(H,19,20). The molecule has 1 unspecified atom stereocenters. The van der Waals surface area contributed by atoms with Crippen molar-refractivity contribution in [2.24, 2.45) is 0 Å². The third-order valence-electron chi connectivity index (χ3n) is 3.62. The highest BCUT2D eigenvalue weighted by Crippen LogP contribution is 2.18. The lowest BCUT2D eigenvalue weighted by Crippen LogP contribution is -2.42. The summed E-state index contributed by atoms with van der Waals surface area (Å²) in [5.41, 5.74) is 0.830. The maximum absolute atomic E-state index is 12.2. The fraction of sp³-hybridized carbons (Fsp3) is 0.357. The van der Waals surface area contributed by atoms with Gasteiger partial charge in [-0.3, -0.25) is 9.48 Å². The van der Waals surface area contributed by atoms with Gasteiger partial charge in [0, 0.05) is 18.1 Å². The molecule has 104 valence electrons. The molecule has 20 heavy (non-hydrogen) atoms. The highest BCUT2D eigenvalue weighted by molar-refractivity contribution is 5.84. The fourth-order valence-electron chi connectivity index (χ4n) is 2.65. The van der Waals surface area contributed by atoms with E-state index in [1.807, 2.05) is 24.3 Å². The van der Waals surface area contributed by atoms with Crippen LogP contribution in [0.2, 0.25) is 0 Å². The smallest absolute Gasteiger partial charge is 0.326 e. The zero-order chi connectivity index (χ0) is 14.1. The van der Waals surface area contributed by atoms with E-state index in [2.05, 4.69) is 5.10 Å². The number of amides is 1. The minimum absolute atomic E-state index is 0.0818. The molecule has 2 heterocycles. The third-order valence-corrected chi connectivity index (χ3v) is 3.62. The number of benzene rings is 1. The van der Waals surface area contributed by atoms with Crippen LogP contribution < -0.4 is 0 Å². The highest BCUT2D eigenvalue weighted by atomic mass is 16.4. The number of likely N-dealkylation sites (tertiary alicyclic amines) is 1. The minimum Gasteiger partial charge on any atom is -0.480 e. The van der Waals surface area contributed by atoms with Gasteiger partial charge < -0.3 is 10.0 Å². The summed E-state index contributed by atoms with van der Waals surface area (Å²) in [7, 11) is 0. The van der Waals surface area contributed by atoms with Crippen molar-refractivity contribution in [2.75, 3.05) is 6.54 Å². The van der Waals surface area contributed by atoms with E-state index in [1.165, 1.54) is 4.90 Å². The monoisotopic (exact) mass is 273 g/mol. The molecule has 1 fully saturated rings. The number of fused-ring (bicyclic) bond motifs is 1. The Kier molecular flexibility index (Phi) is 3.14. The molecule has 0 saturated carbocycles. The number of hydrogen-bond donors (Lipinski definition) is 1. The second-order valence-corrected chi connectivity index (χ2v) is 4.97. The number of carboxylic acids is 1. The Labute approximate surface area is 115 Å². The molecule has 1 aromatic heterocycles. The maximum atomic E-state index is 12.2. The van der Waals surface area contributed by atoms with Crippen molar-refractivity contribution in [1.82, 2.24) is 14.7 Å². The number of nitrogens with zero attached hydrogens (tertiary/aromatic N) is 3. The minimum atomic E-state index is -0.929. The van der Waals surface area contributed by atoms with Gasteiger partial charge in [-0.25, -0.2) is 4.79 Å². The zero-order valence-corrected chi connectivity index (χ0v) is 10.9. The molecule has 1 atom stereocenters. The van der Waals surface area contributed by atoms with Crippen LogP contribution in [0.15, 0.2) is 30.5 Å². The Morgan fingerprint density at radius 2 is 2.15 bits per heavy atom. The van der Waals surface area contributed by atoms with Crippen LogP contribution in [0.3, 0.4) is 0 Å². The molecule has 1 aliphatic rings. The largest absolute Gasteiger partial charge is 0.480 e. The van der Waals surface area contributed by atoms with E-state index < -0.39 is 12.0 Å². The molecule has 0 aliphatic carbocycles. The summed E-state index contributed by atoms with van der Waals surface area (Å²) >= 11 is 0. The lowest BCUT2D eigenvalue weighted by Gasteiger charge is -2.21. The average molecular weight is 273 g/mol. The van der Waals surface area contributed by atoms with Gasteiger partial charge in [0.25, 0.3) is 0 Å². The molecule has 6 heteroatoms. The van der Waals surface area contributed by atoms with Crippen molar-refractivity contribution in [3.63, 3.8) is 0 Å². The molecule has 0 radical (unpaired) electrons. The van der Waals surface area contributed by atoms with Gasteiger partial charge in [0.05, 0.1) is 5.52 Å². The van der Waals surface area contributed by atoms with E-state index in [9.17, 15) is 9.59 Å². The third kappa shape index (κ3) is 2.24. The van der Waals surface area contributed by atoms with Gasteiger partial charge >= 0.3 is 5.97 Å². The Morgan fingerprint density at radius 1 is 1.35 bits per heavy atom. The van der Waals surface area contributed by atoms with Crippen LogP contribution in [-0.2, 0) is 16.1 Å². The first-order chi connectivity index (χ1) is 9.65. The zero-order valence-electron chi connectivity index (χ0n) is 10.9. The lowest BCUT2D eigenvalue weighted by molar-refractivity contribution is -0.148. The van der Waals surface area contributed by atoms with E-state index in [0.717, 1.165) is 17.3 Å². The van der Waals surface area contributed by atoms with Crippen molar-refractivity contribution in [2.45, 2.75) is 25.4 Å².